The van der Waals surface area contributed by atoms with E-state index in [0.717, 1.165) is 36.6 Å². The van der Waals surface area contributed by atoms with Crippen LogP contribution in [-0.2, 0) is 9.53 Å². The van der Waals surface area contributed by atoms with Gasteiger partial charge in [0.1, 0.15) is 5.82 Å². The van der Waals surface area contributed by atoms with Crippen LogP contribution in [0.1, 0.15) is 17.9 Å². The first kappa shape index (κ1) is 16.0. The Bertz CT molecular complexity index is 760. The second-order valence-electron chi connectivity index (χ2n) is 6.46. The SMILES string of the molecule is O=C(Nc1cccnc1N1CCOCC1)C1CC1c1ccc(F)cc1. The lowest BCUT2D eigenvalue weighted by molar-refractivity contribution is -0.117. The molecule has 1 aliphatic carbocycles. The van der Waals surface area contributed by atoms with Gasteiger partial charge >= 0.3 is 0 Å². The number of hydrogen-bond acceptors (Lipinski definition) is 4. The van der Waals surface area contributed by atoms with Gasteiger partial charge in [0.15, 0.2) is 5.82 Å². The summed E-state index contributed by atoms with van der Waals surface area (Å²) in [6, 6.07) is 10.1. The number of halogens is 1. The molecule has 1 aromatic carbocycles. The molecule has 1 aromatic heterocycles. The summed E-state index contributed by atoms with van der Waals surface area (Å²) in [7, 11) is 0. The summed E-state index contributed by atoms with van der Waals surface area (Å²) in [5, 5.41) is 3.02. The summed E-state index contributed by atoms with van der Waals surface area (Å²) >= 11 is 0. The fourth-order valence-electron chi connectivity index (χ4n) is 3.31. The van der Waals surface area contributed by atoms with E-state index in [1.807, 2.05) is 12.1 Å². The number of carbonyl (C=O) groups excluding carboxylic acids is 1. The van der Waals surface area contributed by atoms with Crippen molar-refractivity contribution in [3.05, 3.63) is 54.0 Å². The van der Waals surface area contributed by atoms with E-state index >= 15 is 0 Å². The van der Waals surface area contributed by atoms with Crippen LogP contribution in [0, 0.1) is 11.7 Å². The fourth-order valence-corrected chi connectivity index (χ4v) is 3.31. The predicted molar refractivity (Wildman–Crippen MR) is 93.1 cm³/mol. The van der Waals surface area contributed by atoms with Crippen LogP contribution in [0.25, 0.3) is 0 Å². The molecule has 130 valence electrons. The van der Waals surface area contributed by atoms with E-state index in [2.05, 4.69) is 15.2 Å². The number of rotatable bonds is 4. The zero-order valence-corrected chi connectivity index (χ0v) is 13.8. The maximum Gasteiger partial charge on any atom is 0.228 e. The van der Waals surface area contributed by atoms with E-state index in [0.29, 0.717) is 13.2 Å². The lowest BCUT2D eigenvalue weighted by Crippen LogP contribution is -2.37. The molecule has 2 aromatic rings. The Morgan fingerprint density at radius 2 is 1.96 bits per heavy atom. The van der Waals surface area contributed by atoms with Crippen molar-refractivity contribution >= 4 is 17.4 Å². The number of aromatic nitrogens is 1. The number of carbonyl (C=O) groups is 1. The fraction of sp³-hybridized carbons (Fsp3) is 0.368. The number of morpholine rings is 1. The number of pyridine rings is 1. The van der Waals surface area contributed by atoms with Crippen molar-refractivity contribution in [2.24, 2.45) is 5.92 Å². The molecule has 1 amide bonds. The molecule has 5 nitrogen and oxygen atoms in total. The van der Waals surface area contributed by atoms with Gasteiger partial charge in [-0.3, -0.25) is 4.79 Å². The molecule has 2 aliphatic rings. The molecule has 4 rings (SSSR count). The molecule has 2 unspecified atom stereocenters. The highest BCUT2D eigenvalue weighted by molar-refractivity contribution is 5.97. The van der Waals surface area contributed by atoms with Gasteiger partial charge in [0, 0.05) is 25.2 Å². The molecule has 6 heteroatoms. The maximum absolute atomic E-state index is 13.0. The highest BCUT2D eigenvalue weighted by Crippen LogP contribution is 2.48. The van der Waals surface area contributed by atoms with Crippen LogP contribution in [0.2, 0.25) is 0 Å². The Hall–Kier alpha value is -2.47. The monoisotopic (exact) mass is 341 g/mol. The first-order valence-electron chi connectivity index (χ1n) is 8.56. The van der Waals surface area contributed by atoms with Crippen LogP contribution in [-0.4, -0.2) is 37.2 Å². The smallest absolute Gasteiger partial charge is 0.228 e. The van der Waals surface area contributed by atoms with Crippen molar-refractivity contribution in [2.45, 2.75) is 12.3 Å². The number of nitrogens with one attached hydrogen (secondary N) is 1. The van der Waals surface area contributed by atoms with E-state index in [1.54, 1.807) is 18.3 Å². The van der Waals surface area contributed by atoms with Gasteiger partial charge in [-0.25, -0.2) is 9.37 Å². The number of hydrogen-bond donors (Lipinski definition) is 1. The molecule has 2 heterocycles. The van der Waals surface area contributed by atoms with E-state index < -0.39 is 0 Å². The molecule has 0 bridgehead atoms. The number of amides is 1. The predicted octanol–water partition coefficient (Wildman–Crippen LogP) is 2.80. The Balaban J connectivity index is 1.44. The summed E-state index contributed by atoms with van der Waals surface area (Å²) in [6.07, 6.45) is 2.53. The van der Waals surface area contributed by atoms with Crippen molar-refractivity contribution in [3.8, 4) is 0 Å². The summed E-state index contributed by atoms with van der Waals surface area (Å²) in [5.74, 6) is 0.637. The first-order valence-corrected chi connectivity index (χ1v) is 8.56. The summed E-state index contributed by atoms with van der Waals surface area (Å²) in [6.45, 7) is 2.86. The molecule has 1 saturated carbocycles. The number of nitrogens with zero attached hydrogens (tertiary/aromatic N) is 2. The van der Waals surface area contributed by atoms with Gasteiger partial charge in [-0.2, -0.15) is 0 Å². The average molecular weight is 341 g/mol. The minimum absolute atomic E-state index is 0.00293. The van der Waals surface area contributed by atoms with Crippen molar-refractivity contribution in [2.75, 3.05) is 36.5 Å². The molecule has 2 fully saturated rings. The molecule has 1 saturated heterocycles. The van der Waals surface area contributed by atoms with Gasteiger partial charge < -0.3 is 15.0 Å². The van der Waals surface area contributed by atoms with Gasteiger partial charge in [-0.15, -0.1) is 0 Å². The third kappa shape index (κ3) is 3.49. The molecule has 0 radical (unpaired) electrons. The highest BCUT2D eigenvalue weighted by atomic mass is 19.1. The molecular weight excluding hydrogens is 321 g/mol. The highest BCUT2D eigenvalue weighted by Gasteiger charge is 2.44. The van der Waals surface area contributed by atoms with E-state index in [1.165, 1.54) is 12.1 Å². The van der Waals surface area contributed by atoms with E-state index in [-0.39, 0.29) is 23.6 Å². The molecule has 2 atom stereocenters. The third-order valence-corrected chi connectivity index (χ3v) is 4.78. The topological polar surface area (TPSA) is 54.5 Å². The van der Waals surface area contributed by atoms with Crippen molar-refractivity contribution < 1.29 is 13.9 Å². The van der Waals surface area contributed by atoms with Crippen molar-refractivity contribution in [1.82, 2.24) is 4.98 Å². The Labute approximate surface area is 145 Å². The standard InChI is InChI=1S/C19H20FN3O2/c20-14-5-3-13(4-6-14)15-12-16(15)19(24)22-17-2-1-7-21-18(17)23-8-10-25-11-9-23/h1-7,15-16H,8-12H2,(H,22,24). The van der Waals surface area contributed by atoms with E-state index in [4.69, 9.17) is 4.74 Å². The zero-order valence-electron chi connectivity index (χ0n) is 13.8. The Morgan fingerprint density at radius 3 is 2.72 bits per heavy atom. The van der Waals surface area contributed by atoms with Gasteiger partial charge in [0.2, 0.25) is 5.91 Å². The van der Waals surface area contributed by atoms with Crippen LogP contribution < -0.4 is 10.2 Å². The normalized spacial score (nSPS) is 22.5. The second-order valence-corrected chi connectivity index (χ2v) is 6.46. The third-order valence-electron chi connectivity index (χ3n) is 4.78. The quantitative estimate of drug-likeness (QED) is 0.929. The van der Waals surface area contributed by atoms with Crippen LogP contribution in [0.15, 0.2) is 42.6 Å². The van der Waals surface area contributed by atoms with Crippen molar-refractivity contribution in [3.63, 3.8) is 0 Å². The van der Waals surface area contributed by atoms with Gasteiger partial charge in [-0.05, 0) is 42.2 Å². The van der Waals surface area contributed by atoms with Crippen molar-refractivity contribution in [1.29, 1.82) is 0 Å². The Kier molecular flexibility index (Phi) is 4.36. The summed E-state index contributed by atoms with van der Waals surface area (Å²) in [5.41, 5.74) is 1.75. The summed E-state index contributed by atoms with van der Waals surface area (Å²) in [4.78, 5) is 19.2. The van der Waals surface area contributed by atoms with Crippen LogP contribution in [0.5, 0.6) is 0 Å². The maximum atomic E-state index is 13.0. The molecular formula is C19H20FN3O2. The summed E-state index contributed by atoms with van der Waals surface area (Å²) < 4.78 is 18.4. The molecule has 25 heavy (non-hydrogen) atoms. The van der Waals surface area contributed by atoms with Crippen LogP contribution in [0.3, 0.4) is 0 Å². The van der Waals surface area contributed by atoms with Gasteiger partial charge in [0.25, 0.3) is 0 Å². The molecule has 1 N–H and O–H groups in total. The average Bonchev–Trinajstić information content (AvgIpc) is 3.44. The lowest BCUT2D eigenvalue weighted by Gasteiger charge is -2.29. The minimum atomic E-state index is -0.254. The van der Waals surface area contributed by atoms with Crippen LogP contribution in [0.4, 0.5) is 15.9 Å². The molecule has 0 spiro atoms. The number of ether oxygens (including phenoxy) is 1. The number of anilines is 2. The van der Waals surface area contributed by atoms with E-state index in [9.17, 15) is 9.18 Å². The van der Waals surface area contributed by atoms with Crippen LogP contribution >= 0.6 is 0 Å². The lowest BCUT2D eigenvalue weighted by atomic mass is 10.1. The largest absolute Gasteiger partial charge is 0.378 e. The second kappa shape index (κ2) is 6.80. The first-order chi connectivity index (χ1) is 12.2. The van der Waals surface area contributed by atoms with Gasteiger partial charge in [0.05, 0.1) is 18.9 Å². The minimum Gasteiger partial charge on any atom is -0.378 e. The number of benzene rings is 1. The van der Waals surface area contributed by atoms with Gasteiger partial charge in [-0.1, -0.05) is 12.1 Å². The zero-order chi connectivity index (χ0) is 17.2. The Morgan fingerprint density at radius 1 is 1.20 bits per heavy atom. The molecule has 1 aliphatic heterocycles.